The maximum absolute atomic E-state index is 9.25. The summed E-state index contributed by atoms with van der Waals surface area (Å²) in [4.78, 5) is 4.29. The average Bonchev–Trinajstić information content (AvgIpc) is 2.47. The van der Waals surface area contributed by atoms with Gasteiger partial charge in [-0.2, -0.15) is 5.10 Å². The molecule has 74 valence electrons. The number of nitrogens with zero attached hydrogens (tertiary/aromatic N) is 3. The van der Waals surface area contributed by atoms with Crippen molar-refractivity contribution in [1.82, 2.24) is 14.8 Å². The highest BCUT2D eigenvalue weighted by atomic mass is 79.9. The maximum atomic E-state index is 9.25. The molecule has 0 aliphatic rings. The molecular weight excluding hydrogens is 246 g/mol. The third-order valence-corrected chi connectivity index (χ3v) is 2.33. The van der Waals surface area contributed by atoms with Crippen molar-refractivity contribution in [3.05, 3.63) is 22.9 Å². The third-order valence-electron chi connectivity index (χ3n) is 1.89. The molecule has 0 spiro atoms. The highest BCUT2D eigenvalue weighted by Crippen LogP contribution is 2.15. The lowest BCUT2D eigenvalue weighted by Gasteiger charge is -2.04. The van der Waals surface area contributed by atoms with Gasteiger partial charge in [0.05, 0.1) is 18.8 Å². The predicted molar refractivity (Wildman–Crippen MR) is 56.9 cm³/mol. The van der Waals surface area contributed by atoms with E-state index in [1.54, 1.807) is 17.8 Å². The van der Waals surface area contributed by atoms with Gasteiger partial charge in [-0.15, -0.1) is 0 Å². The zero-order valence-corrected chi connectivity index (χ0v) is 9.27. The van der Waals surface area contributed by atoms with E-state index in [-0.39, 0.29) is 0 Å². The number of aromatic nitrogens is 3. The Kier molecular flexibility index (Phi) is 2.52. The summed E-state index contributed by atoms with van der Waals surface area (Å²) in [7, 11) is 0. The molecule has 0 aliphatic heterocycles. The van der Waals surface area contributed by atoms with Gasteiger partial charge in [0.25, 0.3) is 0 Å². The summed E-state index contributed by atoms with van der Waals surface area (Å²) in [6, 6.07) is 3.81. The van der Waals surface area contributed by atoms with E-state index in [4.69, 9.17) is 0 Å². The molecule has 1 atom stereocenters. The molecule has 2 heterocycles. The number of rotatable bonds is 2. The number of halogens is 1. The van der Waals surface area contributed by atoms with Crippen molar-refractivity contribution in [2.75, 3.05) is 0 Å². The van der Waals surface area contributed by atoms with Gasteiger partial charge in [0.1, 0.15) is 4.60 Å². The number of hydrogen-bond acceptors (Lipinski definition) is 3. The molecule has 0 amide bonds. The first-order chi connectivity index (χ1) is 6.66. The third kappa shape index (κ3) is 1.78. The topological polar surface area (TPSA) is 50.9 Å². The molecule has 0 bridgehead atoms. The second-order valence-corrected chi connectivity index (χ2v) is 4.03. The molecule has 0 saturated heterocycles. The van der Waals surface area contributed by atoms with Crippen LogP contribution in [0.15, 0.2) is 22.9 Å². The highest BCUT2D eigenvalue weighted by Gasteiger charge is 2.06. The van der Waals surface area contributed by atoms with Gasteiger partial charge in [0.15, 0.2) is 5.65 Å². The van der Waals surface area contributed by atoms with Crippen molar-refractivity contribution < 1.29 is 5.11 Å². The smallest absolute Gasteiger partial charge is 0.159 e. The van der Waals surface area contributed by atoms with E-state index >= 15 is 0 Å². The van der Waals surface area contributed by atoms with Crippen molar-refractivity contribution >= 4 is 27.0 Å². The summed E-state index contributed by atoms with van der Waals surface area (Å²) in [5, 5.41) is 14.4. The Morgan fingerprint density at radius 1 is 1.57 bits per heavy atom. The van der Waals surface area contributed by atoms with Gasteiger partial charge >= 0.3 is 0 Å². The first kappa shape index (κ1) is 9.61. The minimum absolute atomic E-state index is 0.418. The molecule has 5 heteroatoms. The lowest BCUT2D eigenvalue weighted by molar-refractivity contribution is 0.170. The first-order valence-corrected chi connectivity index (χ1v) is 5.12. The van der Waals surface area contributed by atoms with Crippen LogP contribution in [0.3, 0.4) is 0 Å². The zero-order valence-electron chi connectivity index (χ0n) is 7.68. The molecule has 14 heavy (non-hydrogen) atoms. The molecular formula is C9H10BrN3O. The van der Waals surface area contributed by atoms with Gasteiger partial charge in [-0.3, -0.25) is 0 Å². The fourth-order valence-corrected chi connectivity index (χ4v) is 1.61. The molecule has 0 fully saturated rings. The van der Waals surface area contributed by atoms with Crippen molar-refractivity contribution in [2.45, 2.75) is 19.6 Å². The normalized spacial score (nSPS) is 13.4. The van der Waals surface area contributed by atoms with E-state index in [1.165, 1.54) is 0 Å². The SMILES string of the molecule is C[C@@H](O)Cn1ncc2ccc(Br)nc21. The molecule has 0 aromatic carbocycles. The summed E-state index contributed by atoms with van der Waals surface area (Å²) in [5.41, 5.74) is 0.792. The van der Waals surface area contributed by atoms with E-state index in [0.29, 0.717) is 6.54 Å². The minimum Gasteiger partial charge on any atom is -0.391 e. The van der Waals surface area contributed by atoms with Crippen LogP contribution in [0.2, 0.25) is 0 Å². The molecule has 0 radical (unpaired) electrons. The van der Waals surface area contributed by atoms with Crippen molar-refractivity contribution in [2.24, 2.45) is 0 Å². The predicted octanol–water partition coefficient (Wildman–Crippen LogP) is 1.57. The molecule has 1 N–H and O–H groups in total. The van der Waals surface area contributed by atoms with Crippen LogP contribution >= 0.6 is 15.9 Å². The van der Waals surface area contributed by atoms with Crippen LogP contribution in [-0.4, -0.2) is 26.0 Å². The Bertz CT molecular complexity index is 452. The molecule has 2 aromatic heterocycles. The monoisotopic (exact) mass is 255 g/mol. The summed E-state index contributed by atoms with van der Waals surface area (Å²) < 4.78 is 2.47. The number of pyridine rings is 1. The lowest BCUT2D eigenvalue weighted by Crippen LogP contribution is -2.13. The van der Waals surface area contributed by atoms with Crippen LogP contribution in [0.1, 0.15) is 6.92 Å². The molecule has 2 rings (SSSR count). The fourth-order valence-electron chi connectivity index (χ4n) is 1.31. The van der Waals surface area contributed by atoms with Crippen LogP contribution in [0, 0.1) is 0 Å². The Hall–Kier alpha value is -0.940. The largest absolute Gasteiger partial charge is 0.391 e. The Morgan fingerprint density at radius 3 is 3.07 bits per heavy atom. The quantitative estimate of drug-likeness (QED) is 0.830. The van der Waals surface area contributed by atoms with Gasteiger partial charge < -0.3 is 5.11 Å². The van der Waals surface area contributed by atoms with Gasteiger partial charge in [-0.05, 0) is 35.0 Å². The van der Waals surface area contributed by atoms with Crippen LogP contribution < -0.4 is 0 Å². The summed E-state index contributed by atoms with van der Waals surface area (Å²) in [6.07, 6.45) is 1.33. The molecule has 0 saturated carbocycles. The maximum Gasteiger partial charge on any atom is 0.159 e. The van der Waals surface area contributed by atoms with Gasteiger partial charge in [0, 0.05) is 5.39 Å². The minimum atomic E-state index is -0.418. The lowest BCUT2D eigenvalue weighted by atomic mass is 10.3. The Labute approximate surface area is 89.7 Å². The number of hydrogen-bond donors (Lipinski definition) is 1. The highest BCUT2D eigenvalue weighted by molar-refractivity contribution is 9.10. The van der Waals surface area contributed by atoms with Crippen LogP contribution in [0.4, 0.5) is 0 Å². The van der Waals surface area contributed by atoms with Crippen LogP contribution in [0.5, 0.6) is 0 Å². The second-order valence-electron chi connectivity index (χ2n) is 3.22. The van der Waals surface area contributed by atoms with E-state index < -0.39 is 6.10 Å². The van der Waals surface area contributed by atoms with Crippen LogP contribution in [-0.2, 0) is 6.54 Å². The van der Waals surface area contributed by atoms with Gasteiger partial charge in [-0.25, -0.2) is 9.67 Å². The molecule has 0 unspecified atom stereocenters. The van der Waals surface area contributed by atoms with Crippen molar-refractivity contribution in [1.29, 1.82) is 0 Å². The zero-order chi connectivity index (χ0) is 10.1. The van der Waals surface area contributed by atoms with E-state index in [1.807, 2.05) is 12.1 Å². The molecule has 2 aromatic rings. The average molecular weight is 256 g/mol. The summed E-state index contributed by atoms with van der Waals surface area (Å²) in [6.45, 7) is 2.19. The standard InChI is InChI=1S/C9H10BrN3O/c1-6(14)5-13-9-7(4-11-13)2-3-8(10)12-9/h2-4,6,14H,5H2,1H3/t6-/m1/s1. The van der Waals surface area contributed by atoms with E-state index in [0.717, 1.165) is 15.6 Å². The second kappa shape index (κ2) is 3.67. The molecule has 4 nitrogen and oxygen atoms in total. The number of fused-ring (bicyclic) bond motifs is 1. The van der Waals surface area contributed by atoms with Crippen molar-refractivity contribution in [3.63, 3.8) is 0 Å². The Balaban J connectivity index is 2.50. The Morgan fingerprint density at radius 2 is 2.36 bits per heavy atom. The number of aliphatic hydroxyl groups is 1. The van der Waals surface area contributed by atoms with Crippen LogP contribution in [0.25, 0.3) is 11.0 Å². The van der Waals surface area contributed by atoms with E-state index in [9.17, 15) is 5.11 Å². The van der Waals surface area contributed by atoms with Gasteiger partial charge in [-0.1, -0.05) is 0 Å². The van der Waals surface area contributed by atoms with Gasteiger partial charge in [0.2, 0.25) is 0 Å². The van der Waals surface area contributed by atoms with Crippen molar-refractivity contribution in [3.8, 4) is 0 Å². The summed E-state index contributed by atoms with van der Waals surface area (Å²) >= 11 is 3.30. The first-order valence-electron chi connectivity index (χ1n) is 4.33. The fraction of sp³-hybridized carbons (Fsp3) is 0.333. The summed E-state index contributed by atoms with van der Waals surface area (Å²) in [5.74, 6) is 0. The van der Waals surface area contributed by atoms with E-state index in [2.05, 4.69) is 26.0 Å². The number of aliphatic hydroxyl groups excluding tert-OH is 1. The molecule has 0 aliphatic carbocycles.